The third-order valence-electron chi connectivity index (χ3n) is 3.39. The Bertz CT molecular complexity index is 209. The van der Waals surface area contributed by atoms with Gasteiger partial charge in [-0.1, -0.05) is 13.8 Å². The molecule has 0 aromatic heterocycles. The highest BCUT2D eigenvalue weighted by Crippen LogP contribution is 2.39. The predicted octanol–water partition coefficient (Wildman–Crippen LogP) is 1.41. The van der Waals surface area contributed by atoms with Crippen LogP contribution in [0.3, 0.4) is 0 Å². The Hall–Kier alpha value is -0.410. The van der Waals surface area contributed by atoms with Crippen LogP contribution in [0.1, 0.15) is 34.1 Å². The predicted molar refractivity (Wildman–Crippen MR) is 44.9 cm³/mol. The number of Topliss-reactive ketones (excluding diaryl/α,β-unsaturated/α-hetero) is 1. The molecule has 0 unspecified atom stereocenters. The van der Waals surface area contributed by atoms with E-state index >= 15 is 0 Å². The summed E-state index contributed by atoms with van der Waals surface area (Å²) in [5.74, 6) is 0.194. The number of carbonyl (C=O) groups excluding carboxylic acids is 1. The molecule has 69 valence electrons. The summed E-state index contributed by atoms with van der Waals surface area (Å²) >= 11 is 0. The van der Waals surface area contributed by atoms with Crippen LogP contribution >= 0.6 is 0 Å². The molecule has 3 nitrogen and oxygen atoms in total. The van der Waals surface area contributed by atoms with Gasteiger partial charge in [-0.2, -0.15) is 0 Å². The SMILES string of the molecule is CC1(C)C(=O)CCN([O])C1(C)C. The molecular weight excluding hydrogens is 154 g/mol. The zero-order valence-electron chi connectivity index (χ0n) is 8.18. The van der Waals surface area contributed by atoms with E-state index in [-0.39, 0.29) is 5.78 Å². The summed E-state index contributed by atoms with van der Waals surface area (Å²) in [7, 11) is 0. The number of rotatable bonds is 0. The van der Waals surface area contributed by atoms with Gasteiger partial charge in [-0.15, -0.1) is 10.3 Å². The van der Waals surface area contributed by atoms with E-state index in [1.807, 2.05) is 27.7 Å². The van der Waals surface area contributed by atoms with Crippen LogP contribution < -0.4 is 0 Å². The molecule has 0 saturated carbocycles. The van der Waals surface area contributed by atoms with Crippen molar-refractivity contribution in [1.82, 2.24) is 5.06 Å². The quantitative estimate of drug-likeness (QED) is 0.551. The first-order chi connectivity index (χ1) is 5.30. The molecule has 1 fully saturated rings. The number of hydrogen-bond donors (Lipinski definition) is 0. The summed E-state index contributed by atoms with van der Waals surface area (Å²) in [5, 5.41) is 12.5. The smallest absolute Gasteiger partial charge is 0.141 e. The average molecular weight is 170 g/mol. The van der Waals surface area contributed by atoms with Gasteiger partial charge in [-0.3, -0.25) is 4.79 Å². The van der Waals surface area contributed by atoms with E-state index in [0.29, 0.717) is 13.0 Å². The van der Waals surface area contributed by atoms with Gasteiger partial charge >= 0.3 is 0 Å². The lowest BCUT2D eigenvalue weighted by molar-refractivity contribution is -0.254. The Morgan fingerprint density at radius 2 is 1.75 bits per heavy atom. The number of ketones is 1. The Labute approximate surface area is 73.3 Å². The highest BCUT2D eigenvalue weighted by molar-refractivity contribution is 5.86. The van der Waals surface area contributed by atoms with Gasteiger partial charge in [0.15, 0.2) is 0 Å². The van der Waals surface area contributed by atoms with Crippen molar-refractivity contribution < 1.29 is 10.0 Å². The molecular formula is C9H16NO2. The van der Waals surface area contributed by atoms with Gasteiger partial charge in [-0.25, -0.2) is 0 Å². The van der Waals surface area contributed by atoms with Crippen LogP contribution in [0.2, 0.25) is 0 Å². The minimum atomic E-state index is -0.567. The monoisotopic (exact) mass is 170 g/mol. The first kappa shape index (κ1) is 9.68. The molecule has 12 heavy (non-hydrogen) atoms. The minimum Gasteiger partial charge on any atom is -0.299 e. The van der Waals surface area contributed by atoms with Gasteiger partial charge in [0.25, 0.3) is 0 Å². The summed E-state index contributed by atoms with van der Waals surface area (Å²) in [6.07, 6.45) is 0.389. The van der Waals surface area contributed by atoms with Gasteiger partial charge in [0, 0.05) is 18.4 Å². The number of hydroxylamine groups is 2. The van der Waals surface area contributed by atoms with Crippen molar-refractivity contribution in [1.29, 1.82) is 0 Å². The Balaban J connectivity index is 3.00. The van der Waals surface area contributed by atoms with Gasteiger partial charge in [0.05, 0.1) is 5.54 Å². The van der Waals surface area contributed by atoms with Crippen molar-refractivity contribution in [2.75, 3.05) is 6.54 Å². The zero-order chi connectivity index (χ0) is 9.57. The van der Waals surface area contributed by atoms with Crippen LogP contribution in [-0.2, 0) is 10.0 Å². The van der Waals surface area contributed by atoms with Crippen molar-refractivity contribution in [3.8, 4) is 0 Å². The Kier molecular flexibility index (Phi) is 2.05. The molecule has 1 radical (unpaired) electrons. The lowest BCUT2D eigenvalue weighted by Gasteiger charge is -2.47. The highest BCUT2D eigenvalue weighted by Gasteiger charge is 2.50. The average Bonchev–Trinajstić information content (AvgIpc) is 1.96. The first-order valence-corrected chi connectivity index (χ1v) is 4.28. The molecule has 0 aromatic carbocycles. The second-order valence-corrected chi connectivity index (χ2v) is 4.46. The molecule has 0 amide bonds. The van der Waals surface area contributed by atoms with Crippen molar-refractivity contribution in [3.63, 3.8) is 0 Å². The van der Waals surface area contributed by atoms with Crippen molar-refractivity contribution in [2.24, 2.45) is 5.41 Å². The number of piperidine rings is 1. The fourth-order valence-corrected chi connectivity index (χ4v) is 1.45. The normalized spacial score (nSPS) is 28.9. The summed E-state index contributed by atoms with van der Waals surface area (Å²) in [4.78, 5) is 11.5. The second-order valence-electron chi connectivity index (χ2n) is 4.46. The zero-order valence-corrected chi connectivity index (χ0v) is 8.18. The molecule has 1 rings (SSSR count). The maximum atomic E-state index is 11.5. The summed E-state index contributed by atoms with van der Waals surface area (Å²) in [6.45, 7) is 7.70. The highest BCUT2D eigenvalue weighted by atomic mass is 16.5. The molecule has 0 spiro atoms. The fourth-order valence-electron chi connectivity index (χ4n) is 1.45. The van der Waals surface area contributed by atoms with Crippen LogP contribution in [0.25, 0.3) is 0 Å². The molecule has 3 heteroatoms. The van der Waals surface area contributed by atoms with E-state index in [0.717, 1.165) is 5.06 Å². The maximum Gasteiger partial charge on any atom is 0.141 e. The molecule has 0 atom stereocenters. The van der Waals surface area contributed by atoms with E-state index in [1.165, 1.54) is 0 Å². The Morgan fingerprint density at radius 1 is 1.25 bits per heavy atom. The molecule has 1 aliphatic rings. The lowest BCUT2D eigenvalue weighted by Crippen LogP contribution is -2.59. The largest absolute Gasteiger partial charge is 0.299 e. The minimum absolute atomic E-state index is 0.194. The number of carbonyl (C=O) groups is 1. The standard InChI is InChI=1S/C9H16NO2/c1-8(2)7(11)5-6-10(12)9(8,3)4/h5-6H2,1-4H3. The van der Waals surface area contributed by atoms with Gasteiger partial charge in [0.1, 0.15) is 5.78 Å². The van der Waals surface area contributed by atoms with Gasteiger partial charge in [0.2, 0.25) is 0 Å². The lowest BCUT2D eigenvalue weighted by atomic mass is 9.68. The maximum absolute atomic E-state index is 11.5. The molecule has 1 heterocycles. The van der Waals surface area contributed by atoms with Crippen LogP contribution in [0.5, 0.6) is 0 Å². The van der Waals surface area contributed by atoms with E-state index in [9.17, 15) is 10.0 Å². The van der Waals surface area contributed by atoms with E-state index < -0.39 is 11.0 Å². The van der Waals surface area contributed by atoms with Crippen molar-refractivity contribution in [2.45, 2.75) is 39.7 Å². The molecule has 1 saturated heterocycles. The summed E-state index contributed by atoms with van der Waals surface area (Å²) < 4.78 is 0. The van der Waals surface area contributed by atoms with Crippen LogP contribution in [0, 0.1) is 5.41 Å². The summed E-state index contributed by atoms with van der Waals surface area (Å²) in [6, 6.07) is 0. The van der Waals surface area contributed by atoms with Crippen LogP contribution in [-0.4, -0.2) is 22.9 Å². The third-order valence-corrected chi connectivity index (χ3v) is 3.39. The molecule has 0 aromatic rings. The molecule has 0 bridgehead atoms. The van der Waals surface area contributed by atoms with Crippen LogP contribution in [0.4, 0.5) is 0 Å². The topological polar surface area (TPSA) is 40.2 Å². The Morgan fingerprint density at radius 3 is 2.17 bits per heavy atom. The van der Waals surface area contributed by atoms with Gasteiger partial charge < -0.3 is 0 Å². The molecule has 0 aliphatic carbocycles. The number of hydrogen-bond acceptors (Lipinski definition) is 2. The van der Waals surface area contributed by atoms with Gasteiger partial charge in [-0.05, 0) is 13.8 Å². The first-order valence-electron chi connectivity index (χ1n) is 4.28. The van der Waals surface area contributed by atoms with Crippen molar-refractivity contribution >= 4 is 5.78 Å². The molecule has 1 aliphatic heterocycles. The fraction of sp³-hybridized carbons (Fsp3) is 0.889. The van der Waals surface area contributed by atoms with E-state index in [1.54, 1.807) is 0 Å². The van der Waals surface area contributed by atoms with E-state index in [2.05, 4.69) is 0 Å². The van der Waals surface area contributed by atoms with E-state index in [4.69, 9.17) is 0 Å². The molecule has 0 N–H and O–H groups in total. The summed E-state index contributed by atoms with van der Waals surface area (Å²) in [5.41, 5.74) is -1.09. The number of nitrogens with zero attached hydrogens (tertiary/aromatic N) is 1. The van der Waals surface area contributed by atoms with Crippen molar-refractivity contribution in [3.05, 3.63) is 0 Å². The van der Waals surface area contributed by atoms with Crippen LogP contribution in [0.15, 0.2) is 0 Å². The second kappa shape index (κ2) is 2.54. The third kappa shape index (κ3) is 1.08.